The van der Waals surface area contributed by atoms with Crippen molar-refractivity contribution in [2.45, 2.75) is 51.6 Å². The topological polar surface area (TPSA) is 49.4 Å². The largest absolute Gasteiger partial charge is 0.305 e. The van der Waals surface area contributed by atoms with Crippen molar-refractivity contribution in [2.75, 3.05) is 18.6 Å². The summed E-state index contributed by atoms with van der Waals surface area (Å²) in [6.45, 7) is 4.57. The van der Waals surface area contributed by atoms with Crippen LogP contribution in [0, 0.1) is 0 Å². The number of unbranched alkanes of at least 4 members (excludes halogenated alkanes) is 2. The molecule has 1 saturated heterocycles. The van der Waals surface area contributed by atoms with Gasteiger partial charge in [0.2, 0.25) is 11.8 Å². The third kappa shape index (κ3) is 4.28. The Morgan fingerprint density at radius 2 is 2.06 bits per heavy atom. The normalized spacial score (nSPS) is 20.2. The molecule has 1 aliphatic rings. The van der Waals surface area contributed by atoms with E-state index in [-0.39, 0.29) is 23.9 Å². The molecule has 1 aliphatic heterocycles. The average molecular weight is 272 g/mol. The zero-order valence-corrected chi connectivity index (χ0v) is 12.4. The first-order valence-electron chi connectivity index (χ1n) is 6.66. The number of hydrogen-bond acceptors (Lipinski definition) is 4. The van der Waals surface area contributed by atoms with Crippen LogP contribution in [-0.2, 0) is 9.59 Å². The summed E-state index contributed by atoms with van der Waals surface area (Å²) >= 11 is 1.86. The number of imide groups is 1. The zero-order valence-electron chi connectivity index (χ0n) is 11.6. The molecule has 18 heavy (non-hydrogen) atoms. The molecule has 0 aromatic heterocycles. The Morgan fingerprint density at radius 1 is 1.33 bits per heavy atom. The van der Waals surface area contributed by atoms with Crippen molar-refractivity contribution in [1.82, 2.24) is 10.2 Å². The third-order valence-corrected chi connectivity index (χ3v) is 3.81. The van der Waals surface area contributed by atoms with Crippen LogP contribution in [0.5, 0.6) is 0 Å². The van der Waals surface area contributed by atoms with Crippen molar-refractivity contribution < 1.29 is 9.59 Å². The number of hydrogen-bond donors (Lipinski definition) is 1. The standard InChI is InChI=1S/C13H24N2O2S/c1-10(2)15-12(16)9-11(13(15)17)14-7-5-4-6-8-18-3/h10-11,14H,4-9H2,1-3H3. The number of thioether (sulfide) groups is 1. The average Bonchev–Trinajstić information content (AvgIpc) is 2.59. The van der Waals surface area contributed by atoms with Gasteiger partial charge in [-0.25, -0.2) is 0 Å². The lowest BCUT2D eigenvalue weighted by molar-refractivity contribution is -0.140. The summed E-state index contributed by atoms with van der Waals surface area (Å²) in [7, 11) is 0. The van der Waals surface area contributed by atoms with Crippen LogP contribution in [0.4, 0.5) is 0 Å². The van der Waals surface area contributed by atoms with E-state index < -0.39 is 0 Å². The van der Waals surface area contributed by atoms with Crippen molar-refractivity contribution in [2.24, 2.45) is 0 Å². The number of nitrogens with one attached hydrogen (secondary N) is 1. The molecule has 0 aromatic carbocycles. The van der Waals surface area contributed by atoms with Crippen LogP contribution in [-0.4, -0.2) is 47.4 Å². The lowest BCUT2D eigenvalue weighted by Crippen LogP contribution is -2.42. The van der Waals surface area contributed by atoms with Gasteiger partial charge in [-0.2, -0.15) is 11.8 Å². The number of carbonyl (C=O) groups is 2. The summed E-state index contributed by atoms with van der Waals surface area (Å²) < 4.78 is 0. The fraction of sp³-hybridized carbons (Fsp3) is 0.846. The lowest BCUT2D eigenvalue weighted by Gasteiger charge is -2.19. The third-order valence-electron chi connectivity index (χ3n) is 3.12. The summed E-state index contributed by atoms with van der Waals surface area (Å²) in [5, 5.41) is 3.20. The molecule has 1 unspecified atom stereocenters. The van der Waals surface area contributed by atoms with Gasteiger partial charge < -0.3 is 5.32 Å². The molecule has 1 atom stereocenters. The Bertz CT molecular complexity index is 295. The molecule has 0 bridgehead atoms. The van der Waals surface area contributed by atoms with Gasteiger partial charge in [-0.05, 0) is 45.2 Å². The molecular formula is C13H24N2O2S. The number of likely N-dealkylation sites (tertiary alicyclic amines) is 1. The minimum atomic E-state index is -0.291. The van der Waals surface area contributed by atoms with Crippen LogP contribution in [0.2, 0.25) is 0 Å². The first kappa shape index (κ1) is 15.5. The first-order chi connectivity index (χ1) is 8.57. The van der Waals surface area contributed by atoms with Gasteiger partial charge in [-0.15, -0.1) is 0 Å². The van der Waals surface area contributed by atoms with E-state index in [0.717, 1.165) is 13.0 Å². The molecule has 0 aromatic rings. The van der Waals surface area contributed by atoms with Crippen LogP contribution in [0.3, 0.4) is 0 Å². The summed E-state index contributed by atoms with van der Waals surface area (Å²) in [6.07, 6.45) is 5.90. The van der Waals surface area contributed by atoms with Gasteiger partial charge in [0, 0.05) is 6.04 Å². The van der Waals surface area contributed by atoms with Gasteiger partial charge in [0.15, 0.2) is 0 Å². The molecule has 0 saturated carbocycles. The summed E-state index contributed by atoms with van der Waals surface area (Å²) in [5.74, 6) is 1.09. The zero-order chi connectivity index (χ0) is 13.5. The summed E-state index contributed by atoms with van der Waals surface area (Å²) in [5.41, 5.74) is 0. The van der Waals surface area contributed by atoms with E-state index in [1.807, 2.05) is 25.6 Å². The molecule has 1 fully saturated rings. The Morgan fingerprint density at radius 3 is 2.61 bits per heavy atom. The van der Waals surface area contributed by atoms with E-state index in [2.05, 4.69) is 11.6 Å². The molecule has 104 valence electrons. The van der Waals surface area contributed by atoms with Crippen LogP contribution in [0.15, 0.2) is 0 Å². The van der Waals surface area contributed by atoms with Crippen LogP contribution in [0.1, 0.15) is 39.5 Å². The van der Waals surface area contributed by atoms with Gasteiger partial charge in [-0.1, -0.05) is 6.42 Å². The summed E-state index contributed by atoms with van der Waals surface area (Å²) in [6, 6.07) is -0.321. The minimum Gasteiger partial charge on any atom is -0.305 e. The number of amides is 2. The Balaban J connectivity index is 2.24. The molecule has 4 nitrogen and oxygen atoms in total. The quantitative estimate of drug-likeness (QED) is 0.539. The van der Waals surface area contributed by atoms with Crippen LogP contribution >= 0.6 is 11.8 Å². The second-order valence-corrected chi connectivity index (χ2v) is 5.95. The molecule has 0 aliphatic carbocycles. The monoisotopic (exact) mass is 272 g/mol. The van der Waals surface area contributed by atoms with Gasteiger partial charge in [-0.3, -0.25) is 14.5 Å². The van der Waals surface area contributed by atoms with Crippen molar-refractivity contribution in [3.8, 4) is 0 Å². The molecule has 5 heteroatoms. The Kier molecular flexibility index (Phi) is 6.71. The van der Waals surface area contributed by atoms with E-state index in [1.54, 1.807) is 0 Å². The van der Waals surface area contributed by atoms with Crippen molar-refractivity contribution in [3.63, 3.8) is 0 Å². The minimum absolute atomic E-state index is 0.0293. The Hall–Kier alpha value is -0.550. The van der Waals surface area contributed by atoms with E-state index in [0.29, 0.717) is 6.42 Å². The van der Waals surface area contributed by atoms with E-state index >= 15 is 0 Å². The van der Waals surface area contributed by atoms with Crippen LogP contribution in [0.25, 0.3) is 0 Å². The second-order valence-electron chi connectivity index (χ2n) is 4.96. The molecular weight excluding hydrogens is 248 g/mol. The van der Waals surface area contributed by atoms with Gasteiger partial charge >= 0.3 is 0 Å². The van der Waals surface area contributed by atoms with Gasteiger partial charge in [0.1, 0.15) is 0 Å². The molecule has 0 radical (unpaired) electrons. The first-order valence-corrected chi connectivity index (χ1v) is 8.05. The predicted octanol–water partition coefficient (Wildman–Crippen LogP) is 1.65. The van der Waals surface area contributed by atoms with Crippen LogP contribution < -0.4 is 5.32 Å². The van der Waals surface area contributed by atoms with E-state index in [9.17, 15) is 9.59 Å². The molecule has 2 amide bonds. The van der Waals surface area contributed by atoms with Gasteiger partial charge in [0.25, 0.3) is 0 Å². The molecule has 1 heterocycles. The fourth-order valence-electron chi connectivity index (χ4n) is 2.18. The highest BCUT2D eigenvalue weighted by atomic mass is 32.2. The highest BCUT2D eigenvalue weighted by Crippen LogP contribution is 2.16. The Labute approximate surface area is 114 Å². The summed E-state index contributed by atoms with van der Waals surface area (Å²) in [4.78, 5) is 25.0. The SMILES string of the molecule is CSCCCCCNC1CC(=O)N(C(C)C)C1=O. The maximum Gasteiger partial charge on any atom is 0.247 e. The number of carbonyl (C=O) groups excluding carboxylic acids is 2. The second kappa shape index (κ2) is 7.79. The molecule has 1 rings (SSSR count). The molecule has 1 N–H and O–H groups in total. The van der Waals surface area contributed by atoms with E-state index in [4.69, 9.17) is 0 Å². The number of nitrogens with zero attached hydrogens (tertiary/aromatic N) is 1. The molecule has 0 spiro atoms. The fourth-order valence-corrected chi connectivity index (χ4v) is 2.67. The highest BCUT2D eigenvalue weighted by molar-refractivity contribution is 7.98. The van der Waals surface area contributed by atoms with Gasteiger partial charge in [0.05, 0.1) is 12.5 Å². The smallest absolute Gasteiger partial charge is 0.247 e. The van der Waals surface area contributed by atoms with Crippen molar-refractivity contribution in [1.29, 1.82) is 0 Å². The van der Waals surface area contributed by atoms with Crippen molar-refractivity contribution in [3.05, 3.63) is 0 Å². The van der Waals surface area contributed by atoms with Crippen molar-refractivity contribution >= 4 is 23.6 Å². The number of rotatable bonds is 8. The predicted molar refractivity (Wildman–Crippen MR) is 75.6 cm³/mol. The van der Waals surface area contributed by atoms with E-state index in [1.165, 1.54) is 23.5 Å². The lowest BCUT2D eigenvalue weighted by atomic mass is 10.2. The maximum absolute atomic E-state index is 12.0. The maximum atomic E-state index is 12.0. The highest BCUT2D eigenvalue weighted by Gasteiger charge is 2.39.